The largest absolute Gasteiger partial charge is 0.487 e. The second kappa shape index (κ2) is 12.4. The van der Waals surface area contributed by atoms with Crippen LogP contribution in [0.5, 0.6) is 5.75 Å². The van der Waals surface area contributed by atoms with Crippen molar-refractivity contribution in [2.45, 2.75) is 13.2 Å². The predicted octanol–water partition coefficient (Wildman–Crippen LogP) is 7.57. The lowest BCUT2D eigenvalue weighted by atomic mass is 10.1. The van der Waals surface area contributed by atoms with Gasteiger partial charge in [0.15, 0.2) is 5.17 Å². The molecule has 0 bridgehead atoms. The van der Waals surface area contributed by atoms with E-state index in [1.165, 1.54) is 11.8 Å². The molecule has 0 aliphatic carbocycles. The standard InChI is InChI=1S/C29H20I2N2O5S/c30-23-13-19(14-24(31)26(23)38-17-18-8-10-20(11-9-18)28(35)36)15-25-27(34)33(16-22-7-4-12-37-22)29(39-25)32-21-5-2-1-3-6-21/h1-15H,16-17H2,(H,35,36)/b25-15-,32-29?. The number of furan rings is 1. The van der Waals surface area contributed by atoms with Crippen LogP contribution in [0.1, 0.15) is 27.2 Å². The topological polar surface area (TPSA) is 92.3 Å². The number of carboxylic acid groups (broad SMARTS) is 1. The van der Waals surface area contributed by atoms with E-state index in [1.807, 2.05) is 54.6 Å². The summed E-state index contributed by atoms with van der Waals surface area (Å²) in [5, 5.41) is 9.67. The van der Waals surface area contributed by atoms with E-state index in [9.17, 15) is 9.59 Å². The summed E-state index contributed by atoms with van der Waals surface area (Å²) in [7, 11) is 0. The van der Waals surface area contributed by atoms with E-state index in [0.717, 1.165) is 29.7 Å². The average Bonchev–Trinajstić information content (AvgIpc) is 3.53. The average molecular weight is 762 g/mol. The van der Waals surface area contributed by atoms with Crippen molar-refractivity contribution in [1.29, 1.82) is 0 Å². The van der Waals surface area contributed by atoms with E-state index in [0.29, 0.717) is 22.4 Å². The highest BCUT2D eigenvalue weighted by Crippen LogP contribution is 2.37. The van der Waals surface area contributed by atoms with Crippen LogP contribution in [0.2, 0.25) is 0 Å². The number of carbonyl (C=O) groups is 2. The Hall–Kier alpha value is -3.10. The Balaban J connectivity index is 1.37. The molecule has 0 atom stereocenters. The third-order valence-corrected chi connectivity index (χ3v) is 8.27. The van der Waals surface area contributed by atoms with Crippen LogP contribution < -0.4 is 4.74 Å². The molecule has 0 spiro atoms. The molecule has 5 rings (SSSR count). The summed E-state index contributed by atoms with van der Waals surface area (Å²) in [6.45, 7) is 0.596. The van der Waals surface area contributed by atoms with Crippen molar-refractivity contribution in [3.8, 4) is 5.75 Å². The molecule has 0 unspecified atom stereocenters. The third kappa shape index (κ3) is 6.73. The number of rotatable bonds is 8. The summed E-state index contributed by atoms with van der Waals surface area (Å²) >= 11 is 5.78. The van der Waals surface area contributed by atoms with Crippen molar-refractivity contribution >= 4 is 85.8 Å². The number of halogens is 2. The molecular weight excluding hydrogens is 742 g/mol. The van der Waals surface area contributed by atoms with Gasteiger partial charge in [-0.25, -0.2) is 9.79 Å². The Morgan fingerprint density at radius 3 is 2.38 bits per heavy atom. The van der Waals surface area contributed by atoms with Gasteiger partial charge in [0, 0.05) is 0 Å². The van der Waals surface area contributed by atoms with Gasteiger partial charge in [-0.15, -0.1) is 0 Å². The number of nitrogens with zero attached hydrogens (tertiary/aromatic N) is 2. The number of ether oxygens (including phenoxy) is 1. The molecule has 1 N–H and O–H groups in total. The molecule has 0 radical (unpaired) electrons. The molecule has 2 heterocycles. The molecule has 1 saturated heterocycles. The molecule has 10 heteroatoms. The number of aliphatic imine (C=N–C) groups is 1. The fourth-order valence-electron chi connectivity index (χ4n) is 3.75. The second-order valence-electron chi connectivity index (χ2n) is 8.42. The Morgan fingerprint density at radius 2 is 1.74 bits per heavy atom. The lowest BCUT2D eigenvalue weighted by molar-refractivity contribution is -0.122. The first-order valence-electron chi connectivity index (χ1n) is 11.7. The van der Waals surface area contributed by atoms with Gasteiger partial charge in [-0.2, -0.15) is 0 Å². The SMILES string of the molecule is O=C(O)c1ccc(COc2c(I)cc(/C=C3\SC(=Nc4ccccc4)N(Cc4ccco4)C3=O)cc2I)cc1. The summed E-state index contributed by atoms with van der Waals surface area (Å²) in [5.74, 6) is 0.310. The van der Waals surface area contributed by atoms with Crippen LogP contribution in [0.15, 0.2) is 99.4 Å². The highest BCUT2D eigenvalue weighted by molar-refractivity contribution is 14.1. The maximum absolute atomic E-state index is 13.4. The number of thioether (sulfide) groups is 1. The molecule has 3 aromatic carbocycles. The minimum absolute atomic E-state index is 0.138. The minimum Gasteiger partial charge on any atom is -0.487 e. The summed E-state index contributed by atoms with van der Waals surface area (Å²) in [6, 6.07) is 23.7. The fourth-order valence-corrected chi connectivity index (χ4v) is 6.88. The highest BCUT2D eigenvalue weighted by atomic mass is 127. The number of amides is 1. The van der Waals surface area contributed by atoms with Gasteiger partial charge in [0.05, 0.1) is 36.1 Å². The number of carboxylic acids is 1. The zero-order valence-corrected chi connectivity index (χ0v) is 25.3. The first kappa shape index (κ1) is 27.5. The zero-order valence-electron chi connectivity index (χ0n) is 20.2. The summed E-state index contributed by atoms with van der Waals surface area (Å²) in [5.41, 5.74) is 2.74. The van der Waals surface area contributed by atoms with Gasteiger partial charge < -0.3 is 14.3 Å². The van der Waals surface area contributed by atoms with Crippen molar-refractivity contribution in [3.63, 3.8) is 0 Å². The van der Waals surface area contributed by atoms with E-state index in [-0.39, 0.29) is 18.0 Å². The lowest BCUT2D eigenvalue weighted by Gasteiger charge is -2.14. The molecule has 7 nitrogen and oxygen atoms in total. The zero-order chi connectivity index (χ0) is 27.4. The van der Waals surface area contributed by atoms with Crippen molar-refractivity contribution in [2.75, 3.05) is 0 Å². The molecule has 39 heavy (non-hydrogen) atoms. The van der Waals surface area contributed by atoms with Crippen LogP contribution in [-0.2, 0) is 17.9 Å². The third-order valence-electron chi connectivity index (χ3n) is 5.67. The van der Waals surface area contributed by atoms with Crippen molar-refractivity contribution in [2.24, 2.45) is 4.99 Å². The number of hydrogen-bond donors (Lipinski definition) is 1. The summed E-state index contributed by atoms with van der Waals surface area (Å²) in [4.78, 5) is 31.4. The van der Waals surface area contributed by atoms with Gasteiger partial charge in [-0.3, -0.25) is 9.69 Å². The second-order valence-corrected chi connectivity index (χ2v) is 11.7. The predicted molar refractivity (Wildman–Crippen MR) is 168 cm³/mol. The Kier molecular flexibility index (Phi) is 8.72. The molecular formula is C29H20I2N2O5S. The maximum atomic E-state index is 13.4. The number of carbonyl (C=O) groups excluding carboxylic acids is 1. The monoisotopic (exact) mass is 762 g/mol. The van der Waals surface area contributed by atoms with Crippen molar-refractivity contribution in [3.05, 3.63) is 120 Å². The quantitative estimate of drug-likeness (QED) is 0.147. The molecule has 0 saturated carbocycles. The molecule has 4 aromatic rings. The lowest BCUT2D eigenvalue weighted by Crippen LogP contribution is -2.28. The van der Waals surface area contributed by atoms with Gasteiger partial charge >= 0.3 is 5.97 Å². The minimum atomic E-state index is -0.960. The Labute approximate surface area is 256 Å². The van der Waals surface area contributed by atoms with Crippen LogP contribution in [-0.4, -0.2) is 27.1 Å². The maximum Gasteiger partial charge on any atom is 0.335 e. The normalized spacial score (nSPS) is 15.3. The van der Waals surface area contributed by atoms with E-state index < -0.39 is 5.97 Å². The fraction of sp³-hybridized carbons (Fsp3) is 0.0690. The van der Waals surface area contributed by atoms with Crippen LogP contribution in [0.25, 0.3) is 6.08 Å². The Bertz CT molecular complexity index is 1550. The van der Waals surface area contributed by atoms with Gasteiger partial charge in [0.25, 0.3) is 5.91 Å². The number of para-hydroxylation sites is 1. The highest BCUT2D eigenvalue weighted by Gasteiger charge is 2.34. The number of amidine groups is 1. The van der Waals surface area contributed by atoms with Gasteiger partial charge in [0.1, 0.15) is 18.1 Å². The van der Waals surface area contributed by atoms with Gasteiger partial charge in [0.2, 0.25) is 0 Å². The van der Waals surface area contributed by atoms with Crippen molar-refractivity contribution < 1.29 is 23.8 Å². The van der Waals surface area contributed by atoms with Crippen LogP contribution in [0, 0.1) is 7.14 Å². The first-order chi connectivity index (χ1) is 18.9. The number of benzene rings is 3. The molecule has 196 valence electrons. The molecule has 1 aromatic heterocycles. The molecule has 1 aliphatic heterocycles. The first-order valence-corrected chi connectivity index (χ1v) is 14.7. The summed E-state index contributed by atoms with van der Waals surface area (Å²) in [6.07, 6.45) is 3.46. The molecule has 1 fully saturated rings. The summed E-state index contributed by atoms with van der Waals surface area (Å²) < 4.78 is 13.4. The Morgan fingerprint density at radius 1 is 1.03 bits per heavy atom. The van der Waals surface area contributed by atoms with E-state index in [1.54, 1.807) is 41.5 Å². The van der Waals surface area contributed by atoms with Crippen LogP contribution >= 0.6 is 56.9 Å². The molecule has 1 aliphatic rings. The van der Waals surface area contributed by atoms with E-state index >= 15 is 0 Å². The number of hydrogen-bond acceptors (Lipinski definition) is 6. The number of aromatic carboxylic acids is 1. The van der Waals surface area contributed by atoms with Crippen molar-refractivity contribution in [1.82, 2.24) is 4.90 Å². The smallest absolute Gasteiger partial charge is 0.335 e. The van der Waals surface area contributed by atoms with Gasteiger partial charge in [-0.1, -0.05) is 30.3 Å². The van der Waals surface area contributed by atoms with Gasteiger partial charge in [-0.05, 0) is 123 Å². The van der Waals surface area contributed by atoms with E-state index in [4.69, 9.17) is 19.3 Å². The van der Waals surface area contributed by atoms with E-state index in [2.05, 4.69) is 45.2 Å². The van der Waals surface area contributed by atoms with Crippen LogP contribution in [0.3, 0.4) is 0 Å². The molecule has 1 amide bonds. The van der Waals surface area contributed by atoms with Crippen LogP contribution in [0.4, 0.5) is 5.69 Å².